The topological polar surface area (TPSA) is 119 Å². The van der Waals surface area contributed by atoms with E-state index in [4.69, 9.17) is 5.11 Å². The minimum Gasteiger partial charge on any atom is -0.481 e. The highest BCUT2D eigenvalue weighted by Gasteiger charge is 2.42. The van der Waals surface area contributed by atoms with Crippen LogP contribution in [0.1, 0.15) is 13.3 Å². The van der Waals surface area contributed by atoms with Gasteiger partial charge in [-0.15, -0.1) is 0 Å². The summed E-state index contributed by atoms with van der Waals surface area (Å²) in [5.41, 5.74) is -0.925. The lowest BCUT2D eigenvalue weighted by Crippen LogP contribution is -2.36. The number of rotatable bonds is 4. The summed E-state index contributed by atoms with van der Waals surface area (Å²) in [6.07, 6.45) is 1.75. The molecule has 1 saturated heterocycles. The number of likely N-dealkylation sites (tertiary alicyclic amines) is 1. The number of aliphatic carboxylic acids is 1. The molecule has 0 aliphatic carbocycles. The maximum absolute atomic E-state index is 12.0. The Hall–Kier alpha value is -2.45. The Bertz CT molecular complexity index is 569. The second kappa shape index (κ2) is 4.91. The summed E-state index contributed by atoms with van der Waals surface area (Å²) >= 11 is 0. The predicted molar refractivity (Wildman–Crippen MR) is 65.8 cm³/mol. The van der Waals surface area contributed by atoms with Crippen LogP contribution in [0.2, 0.25) is 0 Å². The molecule has 0 spiro atoms. The zero-order chi connectivity index (χ0) is 14.9. The molecule has 108 valence electrons. The van der Waals surface area contributed by atoms with Crippen LogP contribution in [0.25, 0.3) is 0 Å². The van der Waals surface area contributed by atoms with Crippen LogP contribution in [0.15, 0.2) is 12.3 Å². The molecule has 1 unspecified atom stereocenters. The van der Waals surface area contributed by atoms with Crippen molar-refractivity contribution >= 4 is 17.7 Å². The fourth-order valence-corrected chi connectivity index (χ4v) is 2.12. The average molecular weight is 282 g/mol. The molecule has 1 aromatic rings. The standard InChI is InChI=1S/C11H14N4O5/c1-11(10(17)18)3-5-13(7-11)9(16)6-14-4-2-8(12-14)15(19)20/h2,4H,3,5-7H2,1H3,(H,17,18). The van der Waals surface area contributed by atoms with Gasteiger partial charge in [-0.25, -0.2) is 0 Å². The number of aromatic nitrogens is 2. The van der Waals surface area contributed by atoms with Crippen molar-refractivity contribution < 1.29 is 19.6 Å². The summed E-state index contributed by atoms with van der Waals surface area (Å²) in [5.74, 6) is -1.55. The average Bonchev–Trinajstić information content (AvgIpc) is 2.97. The molecule has 1 atom stereocenters. The zero-order valence-corrected chi connectivity index (χ0v) is 10.9. The van der Waals surface area contributed by atoms with Crippen molar-refractivity contribution in [3.05, 3.63) is 22.4 Å². The van der Waals surface area contributed by atoms with Gasteiger partial charge in [0, 0.05) is 13.1 Å². The molecule has 0 saturated carbocycles. The summed E-state index contributed by atoms with van der Waals surface area (Å²) in [6, 6.07) is 1.21. The Morgan fingerprint density at radius 1 is 1.60 bits per heavy atom. The number of hydrogen-bond acceptors (Lipinski definition) is 5. The molecule has 20 heavy (non-hydrogen) atoms. The fraction of sp³-hybridized carbons (Fsp3) is 0.545. The van der Waals surface area contributed by atoms with E-state index in [0.29, 0.717) is 13.0 Å². The summed E-state index contributed by atoms with van der Waals surface area (Å²) < 4.78 is 1.18. The first-order chi connectivity index (χ1) is 9.32. The van der Waals surface area contributed by atoms with Crippen LogP contribution >= 0.6 is 0 Å². The van der Waals surface area contributed by atoms with Crippen molar-refractivity contribution in [1.82, 2.24) is 14.7 Å². The van der Waals surface area contributed by atoms with E-state index in [9.17, 15) is 19.7 Å². The molecule has 1 aliphatic heterocycles. The van der Waals surface area contributed by atoms with E-state index in [1.807, 2.05) is 0 Å². The molecule has 0 radical (unpaired) electrons. The van der Waals surface area contributed by atoms with E-state index in [0.717, 1.165) is 0 Å². The van der Waals surface area contributed by atoms with Gasteiger partial charge in [0.25, 0.3) is 0 Å². The van der Waals surface area contributed by atoms with Gasteiger partial charge in [-0.2, -0.15) is 4.68 Å². The van der Waals surface area contributed by atoms with Crippen molar-refractivity contribution in [3.63, 3.8) is 0 Å². The SMILES string of the molecule is CC1(C(=O)O)CCN(C(=O)Cn2ccc([N+](=O)[O-])n2)C1. The number of carboxylic acids is 1. The second-order valence-corrected chi connectivity index (χ2v) is 5.06. The maximum atomic E-state index is 12.0. The summed E-state index contributed by atoms with van der Waals surface area (Å²) in [5, 5.41) is 23.2. The number of nitrogens with zero attached hydrogens (tertiary/aromatic N) is 4. The van der Waals surface area contributed by atoms with E-state index >= 15 is 0 Å². The zero-order valence-electron chi connectivity index (χ0n) is 10.9. The number of hydrogen-bond donors (Lipinski definition) is 1. The minimum atomic E-state index is -0.928. The Kier molecular flexibility index (Phi) is 3.43. The molecule has 0 aromatic carbocycles. The van der Waals surface area contributed by atoms with Crippen molar-refractivity contribution in [2.24, 2.45) is 5.41 Å². The lowest BCUT2D eigenvalue weighted by Gasteiger charge is -2.19. The van der Waals surface area contributed by atoms with Crippen LogP contribution in [-0.4, -0.2) is 49.7 Å². The van der Waals surface area contributed by atoms with Gasteiger partial charge in [0.1, 0.15) is 6.54 Å². The number of carbonyl (C=O) groups excluding carboxylic acids is 1. The van der Waals surface area contributed by atoms with Crippen molar-refractivity contribution in [3.8, 4) is 0 Å². The number of nitro groups is 1. The molecule has 2 rings (SSSR count). The number of carboxylic acid groups (broad SMARTS) is 1. The van der Waals surface area contributed by atoms with E-state index in [1.165, 1.54) is 21.8 Å². The fourth-order valence-electron chi connectivity index (χ4n) is 2.12. The molecular weight excluding hydrogens is 268 g/mol. The number of amides is 1. The number of carbonyl (C=O) groups is 2. The molecule has 9 nitrogen and oxygen atoms in total. The lowest BCUT2D eigenvalue weighted by atomic mass is 9.90. The molecule has 0 bridgehead atoms. The molecule has 1 amide bonds. The maximum Gasteiger partial charge on any atom is 0.389 e. The van der Waals surface area contributed by atoms with Gasteiger partial charge < -0.3 is 20.1 Å². The largest absolute Gasteiger partial charge is 0.481 e. The Labute approximate surface area is 113 Å². The third-order valence-electron chi connectivity index (χ3n) is 3.45. The van der Waals surface area contributed by atoms with E-state index in [1.54, 1.807) is 6.92 Å². The van der Waals surface area contributed by atoms with Crippen LogP contribution < -0.4 is 0 Å². The molecule has 1 aromatic heterocycles. The van der Waals surface area contributed by atoms with Crippen LogP contribution in [-0.2, 0) is 16.1 Å². The van der Waals surface area contributed by atoms with Crippen LogP contribution in [0, 0.1) is 15.5 Å². The van der Waals surface area contributed by atoms with Gasteiger partial charge in [0.15, 0.2) is 0 Å². The highest BCUT2D eigenvalue weighted by molar-refractivity contribution is 5.80. The Morgan fingerprint density at radius 2 is 2.30 bits per heavy atom. The molecule has 1 N–H and O–H groups in total. The van der Waals surface area contributed by atoms with Crippen LogP contribution in [0.3, 0.4) is 0 Å². The molecule has 2 heterocycles. The predicted octanol–water partition coefficient (Wildman–Crippen LogP) is 0.114. The van der Waals surface area contributed by atoms with Crippen molar-refractivity contribution in [2.45, 2.75) is 19.9 Å². The van der Waals surface area contributed by atoms with Gasteiger partial charge in [-0.3, -0.25) is 9.59 Å². The van der Waals surface area contributed by atoms with E-state index in [2.05, 4.69) is 5.10 Å². The summed E-state index contributed by atoms with van der Waals surface area (Å²) in [7, 11) is 0. The second-order valence-electron chi connectivity index (χ2n) is 5.06. The highest BCUT2D eigenvalue weighted by Crippen LogP contribution is 2.30. The van der Waals surface area contributed by atoms with Gasteiger partial charge in [-0.05, 0) is 18.3 Å². The Morgan fingerprint density at radius 3 is 2.80 bits per heavy atom. The first kappa shape index (κ1) is 14.0. The van der Waals surface area contributed by atoms with Gasteiger partial charge >= 0.3 is 11.8 Å². The van der Waals surface area contributed by atoms with E-state index in [-0.39, 0.29) is 24.8 Å². The first-order valence-electron chi connectivity index (χ1n) is 6.01. The third kappa shape index (κ3) is 2.60. The van der Waals surface area contributed by atoms with Gasteiger partial charge in [0.2, 0.25) is 5.91 Å². The Balaban J connectivity index is 1.99. The highest BCUT2D eigenvalue weighted by atomic mass is 16.6. The van der Waals surface area contributed by atoms with Crippen molar-refractivity contribution in [1.29, 1.82) is 0 Å². The molecular formula is C11H14N4O5. The van der Waals surface area contributed by atoms with E-state index < -0.39 is 16.3 Å². The normalized spacial score (nSPS) is 21.9. The minimum absolute atomic E-state index is 0.135. The monoisotopic (exact) mass is 282 g/mol. The molecule has 1 fully saturated rings. The van der Waals surface area contributed by atoms with Crippen LogP contribution in [0.4, 0.5) is 5.82 Å². The van der Waals surface area contributed by atoms with Crippen molar-refractivity contribution in [2.75, 3.05) is 13.1 Å². The summed E-state index contributed by atoms with van der Waals surface area (Å²) in [6.45, 7) is 1.97. The lowest BCUT2D eigenvalue weighted by molar-refractivity contribution is -0.389. The van der Waals surface area contributed by atoms with Crippen LogP contribution in [0.5, 0.6) is 0 Å². The molecule has 1 aliphatic rings. The smallest absolute Gasteiger partial charge is 0.389 e. The summed E-state index contributed by atoms with van der Waals surface area (Å²) in [4.78, 5) is 34.4. The third-order valence-corrected chi connectivity index (χ3v) is 3.45. The first-order valence-corrected chi connectivity index (χ1v) is 6.01. The quantitative estimate of drug-likeness (QED) is 0.618. The van der Waals surface area contributed by atoms with Gasteiger partial charge in [-0.1, -0.05) is 0 Å². The molecule has 9 heteroatoms. The van der Waals surface area contributed by atoms with Gasteiger partial charge in [0.05, 0.1) is 22.8 Å².